The summed E-state index contributed by atoms with van der Waals surface area (Å²) < 4.78 is 0. The van der Waals surface area contributed by atoms with Gasteiger partial charge in [-0.2, -0.15) is 0 Å². The Morgan fingerprint density at radius 1 is 1.15 bits per heavy atom. The highest BCUT2D eigenvalue weighted by atomic mass is 15.2. The average Bonchev–Trinajstić information content (AvgIpc) is 2.44. The highest BCUT2D eigenvalue weighted by Crippen LogP contribution is 2.32. The van der Waals surface area contributed by atoms with Gasteiger partial charge in [-0.15, -0.1) is 0 Å². The molecule has 1 saturated carbocycles. The molecule has 0 aromatic heterocycles. The molecule has 4 atom stereocenters. The maximum absolute atomic E-state index is 3.81. The van der Waals surface area contributed by atoms with Crippen molar-refractivity contribution in [1.29, 1.82) is 0 Å². The van der Waals surface area contributed by atoms with Crippen LogP contribution in [0.5, 0.6) is 0 Å². The number of rotatable bonds is 8. The standard InChI is InChI=1S/C18H38N2/c1-7-11-19-17-10-9-16(14(3)4)12-18(17)20(6)13-15(5)8-2/h14-19H,7-13H2,1-6H3. The molecule has 0 aliphatic heterocycles. The molecule has 2 heteroatoms. The predicted molar refractivity (Wildman–Crippen MR) is 90.1 cm³/mol. The first kappa shape index (κ1) is 18.0. The highest BCUT2D eigenvalue weighted by molar-refractivity contribution is 4.91. The van der Waals surface area contributed by atoms with Gasteiger partial charge in [0, 0.05) is 18.6 Å². The predicted octanol–water partition coefficient (Wildman–Crippen LogP) is 4.16. The monoisotopic (exact) mass is 282 g/mol. The third kappa shape index (κ3) is 5.37. The van der Waals surface area contributed by atoms with Crippen LogP contribution in [0.15, 0.2) is 0 Å². The van der Waals surface area contributed by atoms with Gasteiger partial charge in [0.2, 0.25) is 0 Å². The average molecular weight is 283 g/mol. The normalized spacial score (nSPS) is 29.1. The molecule has 0 amide bonds. The van der Waals surface area contributed by atoms with E-state index in [9.17, 15) is 0 Å². The molecule has 0 bridgehead atoms. The molecule has 2 nitrogen and oxygen atoms in total. The summed E-state index contributed by atoms with van der Waals surface area (Å²) in [6.07, 6.45) is 6.68. The van der Waals surface area contributed by atoms with Crippen LogP contribution in [0, 0.1) is 17.8 Å². The fraction of sp³-hybridized carbons (Fsp3) is 1.00. The Balaban J connectivity index is 2.64. The summed E-state index contributed by atoms with van der Waals surface area (Å²) in [6.45, 7) is 14.2. The van der Waals surface area contributed by atoms with Crippen LogP contribution in [0.2, 0.25) is 0 Å². The number of hydrogen-bond donors (Lipinski definition) is 1. The smallest absolute Gasteiger partial charge is 0.0249 e. The summed E-state index contributed by atoms with van der Waals surface area (Å²) in [4.78, 5) is 2.65. The molecule has 4 unspecified atom stereocenters. The second kappa shape index (κ2) is 9.04. The third-order valence-corrected chi connectivity index (χ3v) is 5.32. The van der Waals surface area contributed by atoms with E-state index in [1.165, 1.54) is 45.2 Å². The van der Waals surface area contributed by atoms with E-state index in [0.717, 1.165) is 23.8 Å². The van der Waals surface area contributed by atoms with Gasteiger partial charge in [0.1, 0.15) is 0 Å². The first-order valence-corrected chi connectivity index (χ1v) is 8.93. The SMILES string of the molecule is CCCNC1CCC(C(C)C)CC1N(C)CC(C)CC. The van der Waals surface area contributed by atoms with Crippen LogP contribution in [0.4, 0.5) is 0 Å². The Morgan fingerprint density at radius 3 is 2.40 bits per heavy atom. The van der Waals surface area contributed by atoms with Crippen molar-refractivity contribution in [3.8, 4) is 0 Å². The maximum atomic E-state index is 3.81. The van der Waals surface area contributed by atoms with E-state index >= 15 is 0 Å². The number of hydrogen-bond acceptors (Lipinski definition) is 2. The molecule has 1 aliphatic rings. The Labute approximate surface area is 127 Å². The van der Waals surface area contributed by atoms with Crippen molar-refractivity contribution in [2.24, 2.45) is 17.8 Å². The topological polar surface area (TPSA) is 15.3 Å². The maximum Gasteiger partial charge on any atom is 0.0249 e. The van der Waals surface area contributed by atoms with Gasteiger partial charge in [-0.1, -0.05) is 41.0 Å². The van der Waals surface area contributed by atoms with Crippen LogP contribution in [0.25, 0.3) is 0 Å². The summed E-state index contributed by atoms with van der Waals surface area (Å²) >= 11 is 0. The third-order valence-electron chi connectivity index (χ3n) is 5.32. The molecular formula is C18H38N2. The second-order valence-corrected chi connectivity index (χ2v) is 7.40. The first-order chi connectivity index (χ1) is 9.49. The zero-order valence-electron chi connectivity index (χ0n) is 14.8. The molecule has 0 heterocycles. The first-order valence-electron chi connectivity index (χ1n) is 8.93. The fourth-order valence-corrected chi connectivity index (χ4v) is 3.59. The summed E-state index contributed by atoms with van der Waals surface area (Å²) in [5, 5.41) is 3.81. The fourth-order valence-electron chi connectivity index (χ4n) is 3.59. The Hall–Kier alpha value is -0.0800. The lowest BCUT2D eigenvalue weighted by Gasteiger charge is -2.43. The molecule has 120 valence electrons. The van der Waals surface area contributed by atoms with Crippen LogP contribution in [-0.2, 0) is 0 Å². The van der Waals surface area contributed by atoms with Crippen molar-refractivity contribution in [3.05, 3.63) is 0 Å². The van der Waals surface area contributed by atoms with Gasteiger partial charge >= 0.3 is 0 Å². The van der Waals surface area contributed by atoms with E-state index in [1.807, 2.05) is 0 Å². The molecule has 0 radical (unpaired) electrons. The Bertz CT molecular complexity index is 252. The van der Waals surface area contributed by atoms with Gasteiger partial charge in [0.15, 0.2) is 0 Å². The Kier molecular flexibility index (Phi) is 8.13. The molecule has 1 aliphatic carbocycles. The van der Waals surface area contributed by atoms with Crippen molar-refractivity contribution < 1.29 is 0 Å². The van der Waals surface area contributed by atoms with Gasteiger partial charge in [-0.3, -0.25) is 0 Å². The molecule has 1 N–H and O–H groups in total. The second-order valence-electron chi connectivity index (χ2n) is 7.40. The number of nitrogens with one attached hydrogen (secondary N) is 1. The molecule has 20 heavy (non-hydrogen) atoms. The van der Waals surface area contributed by atoms with E-state index in [2.05, 4.69) is 51.9 Å². The summed E-state index contributed by atoms with van der Waals surface area (Å²) in [7, 11) is 2.35. The van der Waals surface area contributed by atoms with E-state index in [1.54, 1.807) is 0 Å². The van der Waals surface area contributed by atoms with Crippen LogP contribution < -0.4 is 5.32 Å². The molecule has 1 rings (SSSR count). The number of likely N-dealkylation sites (N-methyl/N-ethyl adjacent to an activating group) is 1. The van der Waals surface area contributed by atoms with Crippen LogP contribution in [0.3, 0.4) is 0 Å². The molecule has 0 spiro atoms. The zero-order valence-corrected chi connectivity index (χ0v) is 14.8. The van der Waals surface area contributed by atoms with Gasteiger partial charge in [0.05, 0.1) is 0 Å². The minimum Gasteiger partial charge on any atom is -0.312 e. The lowest BCUT2D eigenvalue weighted by Crippen LogP contribution is -2.53. The van der Waals surface area contributed by atoms with Gasteiger partial charge in [-0.25, -0.2) is 0 Å². The van der Waals surface area contributed by atoms with Crippen molar-refractivity contribution in [2.45, 2.75) is 78.8 Å². The minimum absolute atomic E-state index is 0.707. The summed E-state index contributed by atoms with van der Waals surface area (Å²) in [6, 6.07) is 1.44. The lowest BCUT2D eigenvalue weighted by atomic mass is 9.76. The van der Waals surface area contributed by atoms with Crippen molar-refractivity contribution in [1.82, 2.24) is 10.2 Å². The van der Waals surface area contributed by atoms with Crippen LogP contribution in [-0.4, -0.2) is 37.1 Å². The van der Waals surface area contributed by atoms with E-state index in [-0.39, 0.29) is 0 Å². The largest absolute Gasteiger partial charge is 0.312 e. The molecular weight excluding hydrogens is 244 g/mol. The van der Waals surface area contributed by atoms with Gasteiger partial charge < -0.3 is 10.2 Å². The zero-order chi connectivity index (χ0) is 15.1. The minimum atomic E-state index is 0.707. The number of nitrogens with zero attached hydrogens (tertiary/aromatic N) is 1. The van der Waals surface area contributed by atoms with E-state index < -0.39 is 0 Å². The molecule has 1 fully saturated rings. The van der Waals surface area contributed by atoms with Crippen molar-refractivity contribution in [3.63, 3.8) is 0 Å². The highest BCUT2D eigenvalue weighted by Gasteiger charge is 2.33. The van der Waals surface area contributed by atoms with Gasteiger partial charge in [0.25, 0.3) is 0 Å². The van der Waals surface area contributed by atoms with Crippen molar-refractivity contribution >= 4 is 0 Å². The van der Waals surface area contributed by atoms with E-state index in [0.29, 0.717) is 6.04 Å². The Morgan fingerprint density at radius 2 is 1.85 bits per heavy atom. The molecule has 0 aromatic carbocycles. The molecule has 0 aromatic rings. The van der Waals surface area contributed by atoms with E-state index in [4.69, 9.17) is 0 Å². The van der Waals surface area contributed by atoms with Crippen molar-refractivity contribution in [2.75, 3.05) is 20.1 Å². The quantitative estimate of drug-likeness (QED) is 0.719. The summed E-state index contributed by atoms with van der Waals surface area (Å²) in [5.74, 6) is 2.56. The van der Waals surface area contributed by atoms with Crippen LogP contribution in [0.1, 0.15) is 66.7 Å². The molecule has 0 saturated heterocycles. The summed E-state index contributed by atoms with van der Waals surface area (Å²) in [5.41, 5.74) is 0. The van der Waals surface area contributed by atoms with Crippen LogP contribution >= 0.6 is 0 Å². The van der Waals surface area contributed by atoms with Gasteiger partial charge in [-0.05, 0) is 57.0 Å². The lowest BCUT2D eigenvalue weighted by molar-refractivity contribution is 0.0918.